The second-order valence-corrected chi connectivity index (χ2v) is 7.73. The van der Waals surface area contributed by atoms with Crippen molar-refractivity contribution in [2.45, 2.75) is 45.4 Å². The Morgan fingerprint density at radius 1 is 1.15 bits per heavy atom. The zero-order valence-corrected chi connectivity index (χ0v) is 16.1. The SMILES string of the molecule is COC(=O)C1CCN(C(=O)c2c3c(nc4ccc(C)cc24)CCCC3)CC1. The molecule has 27 heavy (non-hydrogen) atoms. The molecule has 0 N–H and O–H groups in total. The molecule has 1 aromatic heterocycles. The minimum Gasteiger partial charge on any atom is -0.469 e. The van der Waals surface area contributed by atoms with E-state index in [2.05, 4.69) is 19.1 Å². The number of likely N-dealkylation sites (tertiary alicyclic amines) is 1. The van der Waals surface area contributed by atoms with Gasteiger partial charge in [-0.05, 0) is 63.1 Å². The van der Waals surface area contributed by atoms with E-state index in [0.29, 0.717) is 25.9 Å². The van der Waals surface area contributed by atoms with Crippen LogP contribution in [0.1, 0.15) is 52.9 Å². The largest absolute Gasteiger partial charge is 0.469 e. The minimum atomic E-state index is -0.163. The van der Waals surface area contributed by atoms with Gasteiger partial charge in [0.1, 0.15) is 0 Å². The number of ether oxygens (including phenoxy) is 1. The molecule has 1 aliphatic carbocycles. The number of fused-ring (bicyclic) bond motifs is 2. The van der Waals surface area contributed by atoms with Crippen LogP contribution in [0.25, 0.3) is 10.9 Å². The maximum atomic E-state index is 13.5. The maximum Gasteiger partial charge on any atom is 0.308 e. The van der Waals surface area contributed by atoms with Crippen LogP contribution in [0.3, 0.4) is 0 Å². The highest BCUT2D eigenvalue weighted by Crippen LogP contribution is 2.32. The van der Waals surface area contributed by atoms with Gasteiger partial charge < -0.3 is 9.64 Å². The number of piperidine rings is 1. The molecule has 1 aliphatic heterocycles. The van der Waals surface area contributed by atoms with E-state index in [1.54, 1.807) is 0 Å². The van der Waals surface area contributed by atoms with E-state index in [1.165, 1.54) is 7.11 Å². The monoisotopic (exact) mass is 366 g/mol. The maximum absolute atomic E-state index is 13.5. The number of aromatic nitrogens is 1. The predicted molar refractivity (Wildman–Crippen MR) is 104 cm³/mol. The third-order valence-electron chi connectivity index (χ3n) is 5.95. The number of carbonyl (C=O) groups is 2. The Hall–Kier alpha value is -2.43. The number of carbonyl (C=O) groups excluding carboxylic acids is 2. The van der Waals surface area contributed by atoms with E-state index in [9.17, 15) is 9.59 Å². The molecule has 5 nitrogen and oxygen atoms in total. The molecule has 2 heterocycles. The normalized spacial score (nSPS) is 17.6. The molecule has 1 saturated heterocycles. The van der Waals surface area contributed by atoms with Gasteiger partial charge in [0.05, 0.1) is 24.1 Å². The highest BCUT2D eigenvalue weighted by atomic mass is 16.5. The molecule has 1 fully saturated rings. The van der Waals surface area contributed by atoms with Crippen LogP contribution in [-0.4, -0.2) is 42.0 Å². The van der Waals surface area contributed by atoms with E-state index in [0.717, 1.165) is 59.0 Å². The number of hydrogen-bond donors (Lipinski definition) is 0. The van der Waals surface area contributed by atoms with Crippen molar-refractivity contribution < 1.29 is 14.3 Å². The summed E-state index contributed by atoms with van der Waals surface area (Å²) < 4.78 is 4.86. The molecule has 1 amide bonds. The van der Waals surface area contributed by atoms with Gasteiger partial charge in [-0.15, -0.1) is 0 Å². The van der Waals surface area contributed by atoms with Crippen LogP contribution in [-0.2, 0) is 22.4 Å². The van der Waals surface area contributed by atoms with Gasteiger partial charge in [-0.25, -0.2) is 0 Å². The first kappa shape index (κ1) is 18.0. The molecule has 0 unspecified atom stereocenters. The first-order valence-electron chi connectivity index (χ1n) is 9.87. The van der Waals surface area contributed by atoms with Gasteiger partial charge in [0.25, 0.3) is 5.91 Å². The zero-order valence-electron chi connectivity index (χ0n) is 16.1. The number of aryl methyl sites for hydroxylation is 2. The zero-order chi connectivity index (χ0) is 19.0. The van der Waals surface area contributed by atoms with Crippen molar-refractivity contribution >= 4 is 22.8 Å². The van der Waals surface area contributed by atoms with Gasteiger partial charge in [-0.1, -0.05) is 11.6 Å². The number of pyridine rings is 1. The number of nitrogens with zero attached hydrogens (tertiary/aromatic N) is 2. The lowest BCUT2D eigenvalue weighted by Crippen LogP contribution is -2.41. The van der Waals surface area contributed by atoms with Gasteiger partial charge >= 0.3 is 5.97 Å². The van der Waals surface area contributed by atoms with Gasteiger partial charge in [0.2, 0.25) is 0 Å². The summed E-state index contributed by atoms with van der Waals surface area (Å²) in [5.74, 6) is -0.164. The third-order valence-corrected chi connectivity index (χ3v) is 5.95. The lowest BCUT2D eigenvalue weighted by atomic mass is 9.88. The van der Waals surface area contributed by atoms with Crippen LogP contribution in [0.5, 0.6) is 0 Å². The van der Waals surface area contributed by atoms with Crippen LogP contribution in [0.4, 0.5) is 0 Å². The Morgan fingerprint density at radius 2 is 1.89 bits per heavy atom. The Kier molecular flexibility index (Phi) is 4.85. The summed E-state index contributed by atoms with van der Waals surface area (Å²) in [5.41, 5.74) is 5.12. The Balaban J connectivity index is 1.71. The number of benzene rings is 1. The van der Waals surface area contributed by atoms with Crippen molar-refractivity contribution in [3.8, 4) is 0 Å². The molecular formula is C22H26N2O3. The third kappa shape index (κ3) is 3.31. The summed E-state index contributed by atoms with van der Waals surface area (Å²) in [5, 5.41) is 0.968. The molecule has 142 valence electrons. The van der Waals surface area contributed by atoms with Gasteiger partial charge in [-0.3, -0.25) is 14.6 Å². The Morgan fingerprint density at radius 3 is 2.63 bits per heavy atom. The smallest absolute Gasteiger partial charge is 0.308 e. The van der Waals surface area contributed by atoms with Crippen LogP contribution < -0.4 is 0 Å². The molecular weight excluding hydrogens is 340 g/mol. The molecule has 0 bridgehead atoms. The number of amides is 1. The second-order valence-electron chi connectivity index (χ2n) is 7.73. The summed E-state index contributed by atoms with van der Waals surface area (Å²) in [4.78, 5) is 32.1. The van der Waals surface area contributed by atoms with Crippen molar-refractivity contribution in [3.63, 3.8) is 0 Å². The molecule has 0 spiro atoms. The summed E-state index contributed by atoms with van der Waals surface area (Å²) in [7, 11) is 1.43. The molecule has 2 aliphatic rings. The number of rotatable bonds is 2. The topological polar surface area (TPSA) is 59.5 Å². The van der Waals surface area contributed by atoms with E-state index >= 15 is 0 Å². The molecule has 0 atom stereocenters. The summed E-state index contributed by atoms with van der Waals surface area (Å²) in [6, 6.07) is 6.17. The van der Waals surface area contributed by atoms with Crippen molar-refractivity contribution in [1.29, 1.82) is 0 Å². The highest BCUT2D eigenvalue weighted by Gasteiger charge is 2.31. The fraction of sp³-hybridized carbons (Fsp3) is 0.500. The Labute approximate surface area is 159 Å². The lowest BCUT2D eigenvalue weighted by Gasteiger charge is -2.32. The number of methoxy groups -OCH3 is 1. The van der Waals surface area contributed by atoms with E-state index in [1.807, 2.05) is 11.0 Å². The van der Waals surface area contributed by atoms with E-state index < -0.39 is 0 Å². The Bertz CT molecular complexity index is 898. The van der Waals surface area contributed by atoms with Crippen molar-refractivity contribution in [1.82, 2.24) is 9.88 Å². The second kappa shape index (κ2) is 7.29. The first-order chi connectivity index (χ1) is 13.1. The minimum absolute atomic E-state index is 0.0921. The van der Waals surface area contributed by atoms with Gasteiger partial charge in [0, 0.05) is 24.2 Å². The van der Waals surface area contributed by atoms with Gasteiger partial charge in [-0.2, -0.15) is 0 Å². The predicted octanol–water partition coefficient (Wildman–Crippen LogP) is 3.45. The van der Waals surface area contributed by atoms with Gasteiger partial charge in [0.15, 0.2) is 0 Å². The molecule has 0 radical (unpaired) electrons. The van der Waals surface area contributed by atoms with Crippen molar-refractivity contribution in [2.75, 3.05) is 20.2 Å². The van der Waals surface area contributed by atoms with Crippen molar-refractivity contribution in [3.05, 3.63) is 40.6 Å². The molecule has 5 heteroatoms. The van der Waals surface area contributed by atoms with Crippen LogP contribution in [0, 0.1) is 12.8 Å². The van der Waals surface area contributed by atoms with Crippen LogP contribution in [0.15, 0.2) is 18.2 Å². The quantitative estimate of drug-likeness (QED) is 0.764. The molecule has 2 aromatic rings. The fourth-order valence-corrected chi connectivity index (χ4v) is 4.42. The average molecular weight is 366 g/mol. The summed E-state index contributed by atoms with van der Waals surface area (Å²) in [6.45, 7) is 3.25. The molecule has 4 rings (SSSR count). The summed E-state index contributed by atoms with van der Waals surface area (Å²) >= 11 is 0. The summed E-state index contributed by atoms with van der Waals surface area (Å²) in [6.07, 6.45) is 5.45. The van der Waals surface area contributed by atoms with Crippen LogP contribution in [0.2, 0.25) is 0 Å². The van der Waals surface area contributed by atoms with Crippen LogP contribution >= 0.6 is 0 Å². The van der Waals surface area contributed by atoms with E-state index in [-0.39, 0.29) is 17.8 Å². The van der Waals surface area contributed by atoms with Crippen molar-refractivity contribution in [2.24, 2.45) is 5.92 Å². The highest BCUT2D eigenvalue weighted by molar-refractivity contribution is 6.08. The number of hydrogen-bond acceptors (Lipinski definition) is 4. The standard InChI is InChI=1S/C22H26N2O3/c1-14-7-8-19-17(13-14)20(16-5-3-4-6-18(16)23-19)21(25)24-11-9-15(10-12-24)22(26)27-2/h7-8,13,15H,3-6,9-12H2,1-2H3. The first-order valence-corrected chi connectivity index (χ1v) is 9.87. The fourth-order valence-electron chi connectivity index (χ4n) is 4.42. The molecule has 0 saturated carbocycles. The average Bonchev–Trinajstić information content (AvgIpc) is 2.71. The van der Waals surface area contributed by atoms with E-state index in [4.69, 9.17) is 9.72 Å². The lowest BCUT2D eigenvalue weighted by molar-refractivity contribution is -0.146. The molecule has 1 aromatic carbocycles. The number of esters is 1.